The lowest BCUT2D eigenvalue weighted by atomic mass is 9.71. The number of aromatic carboxylic acids is 1. The molecule has 2 aliphatic carbocycles. The second kappa shape index (κ2) is 14.6. The summed E-state index contributed by atoms with van der Waals surface area (Å²) in [5, 5.41) is 14.4. The van der Waals surface area contributed by atoms with Crippen molar-refractivity contribution in [1.29, 1.82) is 0 Å². The number of hydrogen-bond donors (Lipinski definition) is 1. The quantitative estimate of drug-likeness (QED) is 0.209. The topological polar surface area (TPSA) is 105 Å². The molecule has 3 aromatic rings. The van der Waals surface area contributed by atoms with Crippen molar-refractivity contribution < 1.29 is 63.7 Å². The van der Waals surface area contributed by atoms with Gasteiger partial charge in [-0.3, -0.25) is 14.3 Å². The van der Waals surface area contributed by atoms with Crippen molar-refractivity contribution in [3.63, 3.8) is 0 Å². The molecule has 3 heterocycles. The predicted molar refractivity (Wildman–Crippen MR) is 183 cm³/mol. The smallest absolute Gasteiger partial charge is 0.416 e. The van der Waals surface area contributed by atoms with Gasteiger partial charge in [0.25, 0.3) is 5.91 Å². The van der Waals surface area contributed by atoms with Gasteiger partial charge in [0.05, 0.1) is 48.6 Å². The van der Waals surface area contributed by atoms with Gasteiger partial charge in [-0.2, -0.15) is 44.6 Å². The highest BCUT2D eigenvalue weighted by molar-refractivity contribution is 5.94. The van der Waals surface area contributed by atoms with Gasteiger partial charge in [-0.25, -0.2) is 4.79 Å². The van der Waals surface area contributed by atoms with E-state index in [1.165, 1.54) is 34.1 Å². The van der Waals surface area contributed by atoms with Gasteiger partial charge in [-0.15, -0.1) is 0 Å². The van der Waals surface area contributed by atoms with Gasteiger partial charge in [0, 0.05) is 43.7 Å². The molecule has 57 heavy (non-hydrogen) atoms. The molecule has 1 aromatic heterocycles. The molecule has 2 amide bonds. The van der Waals surface area contributed by atoms with Crippen molar-refractivity contribution in [2.75, 3.05) is 32.8 Å². The third kappa shape index (κ3) is 7.97. The first-order chi connectivity index (χ1) is 26.7. The number of benzene rings is 2. The fourth-order valence-corrected chi connectivity index (χ4v) is 8.79. The van der Waals surface area contributed by atoms with Crippen LogP contribution in [0.15, 0.2) is 54.9 Å². The third-order valence-electron chi connectivity index (χ3n) is 12.2. The van der Waals surface area contributed by atoms with E-state index in [0.29, 0.717) is 16.7 Å². The zero-order valence-electron chi connectivity index (χ0n) is 30.4. The van der Waals surface area contributed by atoms with E-state index in [2.05, 4.69) is 5.10 Å². The Morgan fingerprint density at radius 1 is 0.860 bits per heavy atom. The molecular weight excluding hydrogens is 775 g/mol. The van der Waals surface area contributed by atoms with Crippen LogP contribution in [0.25, 0.3) is 0 Å². The number of likely N-dealkylation sites (tertiary alicyclic amines) is 2. The van der Waals surface area contributed by atoms with Crippen molar-refractivity contribution in [1.82, 2.24) is 19.6 Å². The summed E-state index contributed by atoms with van der Waals surface area (Å²) in [6.45, 7) is -0.158. The van der Waals surface area contributed by atoms with Gasteiger partial charge in [-0.05, 0) is 73.3 Å². The zero-order valence-corrected chi connectivity index (χ0v) is 30.4. The Bertz CT molecular complexity index is 1990. The number of rotatable bonds is 10. The molecule has 1 spiro atoms. The Balaban J connectivity index is 1.05. The molecule has 7 rings (SSSR count). The molecule has 4 fully saturated rings. The number of nitrogens with zero attached hydrogens (tertiary/aromatic N) is 4. The summed E-state index contributed by atoms with van der Waals surface area (Å²) in [5.41, 5.74) is -2.74. The van der Waals surface area contributed by atoms with E-state index in [1.54, 1.807) is 18.2 Å². The minimum absolute atomic E-state index is 0.0522. The Labute approximate surface area is 320 Å². The summed E-state index contributed by atoms with van der Waals surface area (Å²) in [7, 11) is 0. The van der Waals surface area contributed by atoms with E-state index >= 15 is 0 Å². The Morgan fingerprint density at radius 3 is 2.09 bits per heavy atom. The van der Waals surface area contributed by atoms with Crippen molar-refractivity contribution in [2.45, 2.75) is 76.1 Å². The number of carboxylic acid groups (broad SMARTS) is 1. The molecule has 308 valence electrons. The summed E-state index contributed by atoms with van der Waals surface area (Å²) >= 11 is 0. The summed E-state index contributed by atoms with van der Waals surface area (Å²) in [6.07, 6.45) is -11.3. The molecule has 0 radical (unpaired) electrons. The average Bonchev–Trinajstić information content (AvgIpc) is 3.70. The van der Waals surface area contributed by atoms with Crippen LogP contribution >= 0.6 is 0 Å². The Kier molecular flexibility index (Phi) is 10.4. The van der Waals surface area contributed by atoms with Gasteiger partial charge < -0.3 is 19.6 Å². The molecular formula is C39H39F9N4O5. The lowest BCUT2D eigenvalue weighted by molar-refractivity contribution is -0.205. The minimum atomic E-state index is -4.71. The minimum Gasteiger partial charge on any atom is -0.478 e. The summed E-state index contributed by atoms with van der Waals surface area (Å²) < 4.78 is 128. The molecule has 9 nitrogen and oxygen atoms in total. The summed E-state index contributed by atoms with van der Waals surface area (Å²) in [5.74, 6) is -5.05. The number of aromatic nitrogens is 2. The van der Waals surface area contributed by atoms with Crippen LogP contribution in [0.5, 0.6) is 0 Å². The van der Waals surface area contributed by atoms with E-state index in [0.717, 1.165) is 17.0 Å². The second-order valence-electron chi connectivity index (χ2n) is 15.9. The Morgan fingerprint density at radius 2 is 1.51 bits per heavy atom. The molecule has 4 aliphatic rings. The highest BCUT2D eigenvalue weighted by Gasteiger charge is 2.71. The first-order valence-electron chi connectivity index (χ1n) is 18.5. The molecule has 2 saturated carbocycles. The summed E-state index contributed by atoms with van der Waals surface area (Å²) in [4.78, 5) is 42.0. The molecule has 18 heteroatoms. The van der Waals surface area contributed by atoms with Gasteiger partial charge in [0.1, 0.15) is 5.41 Å². The average molecular weight is 815 g/mol. The zero-order chi connectivity index (χ0) is 41.1. The van der Waals surface area contributed by atoms with Crippen LogP contribution in [0.2, 0.25) is 0 Å². The van der Waals surface area contributed by atoms with Gasteiger partial charge >= 0.3 is 24.5 Å². The maximum atomic E-state index is 13.8. The normalized spacial score (nSPS) is 23.1. The van der Waals surface area contributed by atoms with Crippen LogP contribution < -0.4 is 0 Å². The van der Waals surface area contributed by atoms with Crippen LogP contribution in [-0.4, -0.2) is 87.6 Å². The number of hydrogen-bond acceptors (Lipinski definition) is 5. The number of ether oxygens (including phenoxy) is 1. The van der Waals surface area contributed by atoms with Crippen LogP contribution in [0.3, 0.4) is 0 Å². The SMILES string of the molecule is O=C(O)c1c(COCC2CN(C(=O)c3cnn(Cc4ccc(C(F)(F)F)cc4)c3)CC23CN(C(=O)C2(C(F)(F)F)CC2)C3)cccc1C1CCC(C(F)(F)F)CC1. The molecule has 1 unspecified atom stereocenters. The van der Waals surface area contributed by atoms with Gasteiger partial charge in [0.2, 0.25) is 5.91 Å². The Hall–Kier alpha value is -4.61. The fraction of sp³-hybridized carbons (Fsp3) is 0.538. The molecule has 0 bridgehead atoms. The van der Waals surface area contributed by atoms with E-state index in [-0.39, 0.29) is 95.6 Å². The van der Waals surface area contributed by atoms with E-state index in [9.17, 15) is 59.0 Å². The lowest BCUT2D eigenvalue weighted by Crippen LogP contribution is -2.65. The fourth-order valence-electron chi connectivity index (χ4n) is 8.79. The molecule has 1 atom stereocenters. The standard InChI is InChI=1S/C39H39F9N4O5/c40-37(41,42)27-8-4-23(5-9-27)15-52-16-26(14-49-52)32(53)50-17-29(35(20-50)21-51(22-35)34(56)36(12-13-36)39(46,47)48)19-57-18-25-2-1-3-30(31(25)33(54)55)24-6-10-28(11-7-24)38(43,44)45/h1-5,8-9,14,16,24,28-29H,6-7,10-13,15,17-22H2,(H,54,55). The molecule has 2 aromatic carbocycles. The highest BCUT2D eigenvalue weighted by Crippen LogP contribution is 2.60. The van der Waals surface area contributed by atoms with Crippen molar-refractivity contribution in [2.24, 2.45) is 22.7 Å². The van der Waals surface area contributed by atoms with Gasteiger partial charge in [0.15, 0.2) is 0 Å². The van der Waals surface area contributed by atoms with E-state index < -0.39 is 70.5 Å². The first-order valence-corrected chi connectivity index (χ1v) is 18.5. The van der Waals surface area contributed by atoms with Gasteiger partial charge in [-0.1, -0.05) is 30.3 Å². The number of carbonyl (C=O) groups excluding carboxylic acids is 2. The predicted octanol–water partition coefficient (Wildman–Crippen LogP) is 7.94. The lowest BCUT2D eigenvalue weighted by Gasteiger charge is -2.51. The van der Waals surface area contributed by atoms with E-state index in [4.69, 9.17) is 4.74 Å². The third-order valence-corrected chi connectivity index (χ3v) is 12.2. The van der Waals surface area contributed by atoms with Crippen molar-refractivity contribution in [3.8, 4) is 0 Å². The van der Waals surface area contributed by atoms with E-state index in [1.807, 2.05) is 0 Å². The number of carbonyl (C=O) groups is 3. The summed E-state index contributed by atoms with van der Waals surface area (Å²) in [6, 6.07) is 9.24. The molecule has 2 aliphatic heterocycles. The number of carboxylic acids is 1. The maximum Gasteiger partial charge on any atom is 0.416 e. The van der Waals surface area contributed by atoms with Crippen molar-refractivity contribution in [3.05, 3.63) is 88.2 Å². The van der Waals surface area contributed by atoms with Crippen molar-refractivity contribution >= 4 is 17.8 Å². The molecule has 2 saturated heterocycles. The van der Waals surface area contributed by atoms with Crippen LogP contribution in [0.4, 0.5) is 39.5 Å². The second-order valence-corrected chi connectivity index (χ2v) is 15.9. The van der Waals surface area contributed by atoms with Crippen LogP contribution in [0.1, 0.15) is 87.4 Å². The number of halogens is 9. The first kappa shape index (κ1) is 40.6. The molecule has 1 N–H and O–H groups in total. The van der Waals surface area contributed by atoms with Crippen LogP contribution in [0, 0.1) is 22.7 Å². The maximum absolute atomic E-state index is 13.8. The largest absolute Gasteiger partial charge is 0.478 e. The number of amides is 2. The monoisotopic (exact) mass is 814 g/mol. The highest BCUT2D eigenvalue weighted by atomic mass is 19.4. The van der Waals surface area contributed by atoms with Crippen LogP contribution in [-0.2, 0) is 28.9 Å². The number of alkyl halides is 9.